The molecule has 0 bridgehead atoms. The fourth-order valence-corrected chi connectivity index (χ4v) is 1.65. The van der Waals surface area contributed by atoms with Gasteiger partial charge >= 0.3 is 0 Å². The first-order valence-corrected chi connectivity index (χ1v) is 5.11. The Morgan fingerprint density at radius 1 is 1.62 bits per heavy atom. The first kappa shape index (κ1) is 10.2. The second-order valence-corrected chi connectivity index (χ2v) is 4.04. The van der Waals surface area contributed by atoms with Gasteiger partial charge in [0.2, 0.25) is 0 Å². The number of rotatable bonds is 3. The molecule has 0 aromatic heterocycles. The summed E-state index contributed by atoms with van der Waals surface area (Å²) >= 11 is -2.43. The van der Waals surface area contributed by atoms with E-state index in [9.17, 15) is 8.94 Å². The smallest absolute Gasteiger partial charge is 0.170 e. The van der Waals surface area contributed by atoms with Gasteiger partial charge in [-0.15, -0.1) is 0 Å². The van der Waals surface area contributed by atoms with Crippen molar-refractivity contribution in [2.24, 2.45) is 0 Å². The van der Waals surface area contributed by atoms with E-state index in [0.29, 0.717) is 5.56 Å². The number of hydrogen-bond donors (Lipinski definition) is 2. The molecule has 0 spiro atoms. The highest BCUT2D eigenvalue weighted by Crippen LogP contribution is 2.16. The molecule has 0 radical (unpaired) electrons. The van der Waals surface area contributed by atoms with Crippen molar-refractivity contribution in [2.45, 2.75) is 11.5 Å². The van der Waals surface area contributed by atoms with E-state index < -0.39 is 17.0 Å². The van der Waals surface area contributed by atoms with Gasteiger partial charge in [0.15, 0.2) is 5.82 Å². The molecule has 0 aliphatic rings. The highest BCUT2D eigenvalue weighted by molar-refractivity contribution is 8.04. The molecule has 72 valence electrons. The van der Waals surface area contributed by atoms with Crippen LogP contribution in [-0.2, 0) is 17.8 Å². The van der Waals surface area contributed by atoms with Gasteiger partial charge in [0.1, 0.15) is 10.4 Å². The lowest BCUT2D eigenvalue weighted by Crippen LogP contribution is -2.04. The van der Waals surface area contributed by atoms with Crippen molar-refractivity contribution in [3.8, 4) is 0 Å². The molecule has 3 nitrogen and oxygen atoms in total. The van der Waals surface area contributed by atoms with E-state index in [0.717, 1.165) is 11.6 Å². The second-order valence-electron chi connectivity index (χ2n) is 2.48. The molecular weight excluding hydrogens is 193 g/mol. The summed E-state index contributed by atoms with van der Waals surface area (Å²) in [6, 6.07) is 3.96. The molecule has 13 heavy (non-hydrogen) atoms. The van der Waals surface area contributed by atoms with Crippen molar-refractivity contribution < 1.29 is 14.0 Å². The SMILES string of the molecule is N=C[SH2+]([O-])c1ccc(CO)cc1F. The van der Waals surface area contributed by atoms with Crippen molar-refractivity contribution in [3.05, 3.63) is 29.6 Å². The summed E-state index contributed by atoms with van der Waals surface area (Å²) in [5.41, 5.74) is 1.17. The average molecular weight is 203 g/mol. The van der Waals surface area contributed by atoms with Crippen LogP contribution in [0, 0.1) is 11.2 Å². The van der Waals surface area contributed by atoms with Crippen LogP contribution in [0.2, 0.25) is 0 Å². The van der Waals surface area contributed by atoms with Gasteiger partial charge in [-0.05, 0) is 17.7 Å². The Balaban J connectivity index is 3.04. The van der Waals surface area contributed by atoms with Crippen LogP contribution in [0.15, 0.2) is 23.1 Å². The maximum atomic E-state index is 13.1. The number of halogens is 1. The number of benzene rings is 1. The minimum Gasteiger partial charge on any atom is -0.679 e. The van der Waals surface area contributed by atoms with Crippen molar-refractivity contribution in [2.75, 3.05) is 0 Å². The van der Waals surface area contributed by atoms with Gasteiger partial charge in [0.25, 0.3) is 0 Å². The lowest BCUT2D eigenvalue weighted by atomic mass is 10.2. The molecule has 0 fully saturated rings. The summed E-state index contributed by atoms with van der Waals surface area (Å²) in [4.78, 5) is 0.0391. The summed E-state index contributed by atoms with van der Waals surface area (Å²) in [6.07, 6.45) is 0. The third-order valence-corrected chi connectivity index (χ3v) is 2.81. The summed E-state index contributed by atoms with van der Waals surface area (Å²) in [6.45, 7) is -0.247. The zero-order chi connectivity index (χ0) is 9.84. The van der Waals surface area contributed by atoms with Crippen LogP contribution >= 0.6 is 0 Å². The Bertz CT molecular complexity index is 319. The lowest BCUT2D eigenvalue weighted by molar-refractivity contribution is 0.281. The monoisotopic (exact) mass is 203 g/mol. The summed E-state index contributed by atoms with van der Waals surface area (Å²) in [5, 5.41) is 15.4. The van der Waals surface area contributed by atoms with Crippen LogP contribution in [0.1, 0.15) is 5.56 Å². The van der Waals surface area contributed by atoms with Crippen LogP contribution in [0.5, 0.6) is 0 Å². The van der Waals surface area contributed by atoms with Crippen LogP contribution in [-0.4, -0.2) is 15.2 Å². The number of aliphatic hydroxyl groups is 1. The molecule has 1 aromatic carbocycles. The summed E-state index contributed by atoms with van der Waals surface area (Å²) in [5.74, 6) is -0.626. The maximum absolute atomic E-state index is 13.1. The molecule has 0 aliphatic heterocycles. The highest BCUT2D eigenvalue weighted by atomic mass is 32.2. The molecule has 0 aliphatic carbocycles. The van der Waals surface area contributed by atoms with Crippen LogP contribution in [0.25, 0.3) is 0 Å². The van der Waals surface area contributed by atoms with Gasteiger partial charge in [-0.3, -0.25) is 5.41 Å². The normalized spacial score (nSPS) is 11.2. The Hall–Kier alpha value is -0.910. The average Bonchev–Trinajstić information content (AvgIpc) is 2.16. The largest absolute Gasteiger partial charge is 0.679 e. The topological polar surface area (TPSA) is 67.1 Å². The van der Waals surface area contributed by atoms with Gasteiger partial charge in [0.05, 0.1) is 6.61 Å². The third-order valence-electron chi connectivity index (χ3n) is 1.61. The van der Waals surface area contributed by atoms with Gasteiger partial charge < -0.3 is 9.66 Å². The van der Waals surface area contributed by atoms with E-state index in [2.05, 4.69) is 0 Å². The number of hydrogen-bond acceptors (Lipinski definition) is 3. The lowest BCUT2D eigenvalue weighted by Gasteiger charge is -2.16. The zero-order valence-electron chi connectivity index (χ0n) is 6.75. The first-order valence-electron chi connectivity index (χ1n) is 3.63. The third kappa shape index (κ3) is 2.27. The van der Waals surface area contributed by atoms with Gasteiger partial charge in [0, 0.05) is 0 Å². The fourth-order valence-electron chi connectivity index (χ4n) is 0.935. The minimum atomic E-state index is -2.43. The van der Waals surface area contributed by atoms with Crippen LogP contribution in [0.4, 0.5) is 4.39 Å². The Kier molecular flexibility index (Phi) is 3.41. The van der Waals surface area contributed by atoms with Gasteiger partial charge in [-0.1, -0.05) is 6.07 Å². The Morgan fingerprint density at radius 3 is 2.77 bits per heavy atom. The highest BCUT2D eigenvalue weighted by Gasteiger charge is 2.06. The molecule has 0 saturated heterocycles. The van der Waals surface area contributed by atoms with Crippen molar-refractivity contribution in [1.29, 1.82) is 5.41 Å². The van der Waals surface area contributed by atoms with E-state index in [1.165, 1.54) is 12.1 Å². The fraction of sp³-hybridized carbons (Fsp3) is 0.125. The number of nitrogens with one attached hydrogen (secondary N) is 1. The van der Waals surface area contributed by atoms with Crippen molar-refractivity contribution in [1.82, 2.24) is 0 Å². The van der Waals surface area contributed by atoms with Crippen LogP contribution in [0.3, 0.4) is 0 Å². The van der Waals surface area contributed by atoms with E-state index in [1.807, 2.05) is 0 Å². The molecule has 0 amide bonds. The van der Waals surface area contributed by atoms with E-state index in [-0.39, 0.29) is 11.5 Å². The minimum absolute atomic E-state index is 0.0391. The molecule has 1 aromatic rings. The van der Waals surface area contributed by atoms with Gasteiger partial charge in [-0.25, -0.2) is 15.6 Å². The predicted octanol–water partition coefficient (Wildman–Crippen LogP) is 0.497. The van der Waals surface area contributed by atoms with E-state index >= 15 is 0 Å². The standard InChI is InChI=1S/C8H10FNO2S/c9-7-3-6(4-11)1-2-8(7)13(12)5-10/h1-3,5,10-11H,4,13H2. The van der Waals surface area contributed by atoms with Crippen LogP contribution < -0.4 is 0 Å². The predicted molar refractivity (Wildman–Crippen MR) is 50.3 cm³/mol. The molecule has 0 unspecified atom stereocenters. The Morgan fingerprint density at radius 2 is 2.31 bits per heavy atom. The quantitative estimate of drug-likeness (QED) is 0.426. The van der Waals surface area contributed by atoms with E-state index in [4.69, 9.17) is 10.5 Å². The molecule has 0 heterocycles. The maximum Gasteiger partial charge on any atom is 0.170 e. The molecule has 1 rings (SSSR count). The molecule has 0 saturated carbocycles. The molecular formula is C8H10FNO2S. The summed E-state index contributed by atoms with van der Waals surface area (Å²) in [7, 11) is 0. The molecule has 5 heteroatoms. The van der Waals surface area contributed by atoms with Crippen molar-refractivity contribution >= 4 is 16.7 Å². The Labute approximate surface area is 77.9 Å². The molecule has 0 atom stereocenters. The second kappa shape index (κ2) is 4.36. The zero-order valence-corrected chi connectivity index (χ0v) is 7.75. The first-order chi connectivity index (χ1) is 6.19. The van der Waals surface area contributed by atoms with E-state index in [1.54, 1.807) is 0 Å². The van der Waals surface area contributed by atoms with Gasteiger partial charge in [-0.2, -0.15) is 0 Å². The molecule has 2 N–H and O–H groups in total. The summed E-state index contributed by atoms with van der Waals surface area (Å²) < 4.78 is 24.2. The number of aliphatic hydroxyl groups excluding tert-OH is 1. The van der Waals surface area contributed by atoms with Crippen molar-refractivity contribution in [3.63, 3.8) is 0 Å².